The van der Waals surface area contributed by atoms with Crippen LogP contribution in [0.15, 0.2) is 0 Å². The predicted molar refractivity (Wildman–Crippen MR) is 78.0 cm³/mol. The third-order valence-corrected chi connectivity index (χ3v) is 4.09. The molecule has 3 atom stereocenters. The van der Waals surface area contributed by atoms with Gasteiger partial charge in [-0.2, -0.15) is 0 Å². The molecule has 1 heterocycles. The lowest BCUT2D eigenvalue weighted by atomic mass is 9.91. The number of nitrogens with zero attached hydrogens (tertiary/aromatic N) is 1. The van der Waals surface area contributed by atoms with Crippen LogP contribution in [0, 0.1) is 5.92 Å². The maximum Gasteiger partial charge on any atom is 0.0476 e. The molecular weight excluding hydrogens is 224 g/mol. The minimum Gasteiger partial charge on any atom is -0.385 e. The van der Waals surface area contributed by atoms with Gasteiger partial charge < -0.3 is 15.0 Å². The van der Waals surface area contributed by atoms with Crippen molar-refractivity contribution in [1.29, 1.82) is 0 Å². The van der Waals surface area contributed by atoms with E-state index >= 15 is 0 Å². The molecule has 0 amide bonds. The highest BCUT2D eigenvalue weighted by atomic mass is 16.5. The van der Waals surface area contributed by atoms with Gasteiger partial charge in [0.15, 0.2) is 0 Å². The summed E-state index contributed by atoms with van der Waals surface area (Å²) < 4.78 is 5.14. The molecule has 1 saturated heterocycles. The Morgan fingerprint density at radius 1 is 1.39 bits per heavy atom. The van der Waals surface area contributed by atoms with Crippen molar-refractivity contribution in [2.45, 2.75) is 58.5 Å². The average Bonchev–Trinajstić information content (AvgIpc) is 2.37. The topological polar surface area (TPSA) is 24.5 Å². The number of piperidine rings is 1. The van der Waals surface area contributed by atoms with Gasteiger partial charge in [-0.3, -0.25) is 0 Å². The molecule has 0 aromatic heterocycles. The summed E-state index contributed by atoms with van der Waals surface area (Å²) in [6.07, 6.45) is 5.12. The molecule has 3 unspecified atom stereocenters. The average molecular weight is 256 g/mol. The van der Waals surface area contributed by atoms with Crippen LogP contribution in [0.4, 0.5) is 0 Å². The zero-order valence-corrected chi connectivity index (χ0v) is 12.7. The minimum absolute atomic E-state index is 0.557. The van der Waals surface area contributed by atoms with Gasteiger partial charge in [0.2, 0.25) is 0 Å². The summed E-state index contributed by atoms with van der Waals surface area (Å²) in [7, 11) is 1.78. The van der Waals surface area contributed by atoms with Gasteiger partial charge >= 0.3 is 0 Å². The van der Waals surface area contributed by atoms with E-state index in [9.17, 15) is 0 Å². The first-order valence-corrected chi connectivity index (χ1v) is 7.64. The number of methoxy groups -OCH3 is 1. The van der Waals surface area contributed by atoms with E-state index < -0.39 is 0 Å². The highest BCUT2D eigenvalue weighted by Gasteiger charge is 2.24. The van der Waals surface area contributed by atoms with E-state index in [1.807, 2.05) is 0 Å². The van der Waals surface area contributed by atoms with E-state index in [1.165, 1.54) is 38.9 Å². The number of rotatable bonds is 8. The molecule has 18 heavy (non-hydrogen) atoms. The predicted octanol–water partition coefficient (Wildman–Crippen LogP) is 2.51. The molecule has 0 aliphatic carbocycles. The molecule has 108 valence electrons. The lowest BCUT2D eigenvalue weighted by Crippen LogP contribution is -2.47. The lowest BCUT2D eigenvalue weighted by Gasteiger charge is -2.37. The van der Waals surface area contributed by atoms with Crippen LogP contribution in [0.25, 0.3) is 0 Å². The fourth-order valence-corrected chi connectivity index (χ4v) is 2.98. The first kappa shape index (κ1) is 15.9. The van der Waals surface area contributed by atoms with Crippen LogP contribution in [0.5, 0.6) is 0 Å². The first-order valence-electron chi connectivity index (χ1n) is 7.64. The molecular formula is C15H32N2O. The van der Waals surface area contributed by atoms with Gasteiger partial charge in [-0.25, -0.2) is 0 Å². The molecule has 1 rings (SSSR count). The zero-order chi connectivity index (χ0) is 13.4. The highest BCUT2D eigenvalue weighted by molar-refractivity contribution is 4.81. The second kappa shape index (κ2) is 8.89. The Kier molecular flexibility index (Phi) is 7.87. The van der Waals surface area contributed by atoms with Gasteiger partial charge in [0.05, 0.1) is 0 Å². The number of hydrogen-bond acceptors (Lipinski definition) is 3. The largest absolute Gasteiger partial charge is 0.385 e. The van der Waals surface area contributed by atoms with Gasteiger partial charge in [0.1, 0.15) is 0 Å². The van der Waals surface area contributed by atoms with Crippen molar-refractivity contribution < 1.29 is 4.74 Å². The monoisotopic (exact) mass is 256 g/mol. The maximum absolute atomic E-state index is 5.14. The van der Waals surface area contributed by atoms with Gasteiger partial charge in [-0.15, -0.1) is 0 Å². The fraction of sp³-hybridized carbons (Fsp3) is 1.00. The molecule has 0 aromatic rings. The summed E-state index contributed by atoms with van der Waals surface area (Å²) in [5.74, 6) is 0.815. The van der Waals surface area contributed by atoms with Crippen molar-refractivity contribution in [3.8, 4) is 0 Å². The molecule has 0 radical (unpaired) electrons. The quantitative estimate of drug-likeness (QED) is 0.722. The third-order valence-electron chi connectivity index (χ3n) is 4.09. The number of likely N-dealkylation sites (tertiary alicyclic amines) is 1. The first-order chi connectivity index (χ1) is 8.67. The van der Waals surface area contributed by atoms with Crippen LogP contribution < -0.4 is 5.32 Å². The fourth-order valence-electron chi connectivity index (χ4n) is 2.98. The highest BCUT2D eigenvalue weighted by Crippen LogP contribution is 2.20. The van der Waals surface area contributed by atoms with Crippen LogP contribution in [-0.2, 0) is 4.74 Å². The van der Waals surface area contributed by atoms with Crippen molar-refractivity contribution in [2.24, 2.45) is 5.92 Å². The molecule has 1 N–H and O–H groups in total. The summed E-state index contributed by atoms with van der Waals surface area (Å²) in [5.41, 5.74) is 0. The molecule has 0 spiro atoms. The zero-order valence-electron chi connectivity index (χ0n) is 12.7. The smallest absolute Gasteiger partial charge is 0.0476 e. The Balaban J connectivity index is 2.29. The number of ether oxygens (including phenoxy) is 1. The summed E-state index contributed by atoms with van der Waals surface area (Å²) in [6.45, 7) is 11.6. The summed E-state index contributed by atoms with van der Waals surface area (Å²) in [4.78, 5) is 2.63. The van der Waals surface area contributed by atoms with Gasteiger partial charge in [0.25, 0.3) is 0 Å². The minimum atomic E-state index is 0.557. The number of nitrogens with one attached hydrogen (secondary N) is 1. The van der Waals surface area contributed by atoms with Crippen molar-refractivity contribution in [3.63, 3.8) is 0 Å². The van der Waals surface area contributed by atoms with Crippen molar-refractivity contribution in [2.75, 3.05) is 33.4 Å². The molecule has 0 aromatic carbocycles. The molecule has 3 nitrogen and oxygen atoms in total. The molecule has 1 aliphatic heterocycles. The van der Waals surface area contributed by atoms with Crippen LogP contribution in [0.2, 0.25) is 0 Å². The Bertz CT molecular complexity index is 209. The van der Waals surface area contributed by atoms with Crippen LogP contribution in [0.3, 0.4) is 0 Å². The second-order valence-corrected chi connectivity index (χ2v) is 5.84. The normalized spacial score (nSPS) is 25.0. The molecule has 0 saturated carbocycles. The summed E-state index contributed by atoms with van der Waals surface area (Å²) in [5, 5.41) is 3.74. The van der Waals surface area contributed by atoms with Gasteiger partial charge in [-0.05, 0) is 58.5 Å². The standard InChI is InChI=1S/C15H32N2O/c1-5-9-17-10-6-7-15(12-17)14(3)16-13(2)8-11-18-4/h13-16H,5-12H2,1-4H3. The van der Waals surface area contributed by atoms with E-state index in [0.29, 0.717) is 12.1 Å². The van der Waals surface area contributed by atoms with Crippen molar-refractivity contribution in [1.82, 2.24) is 10.2 Å². The molecule has 1 aliphatic rings. The van der Waals surface area contributed by atoms with Crippen molar-refractivity contribution in [3.05, 3.63) is 0 Å². The van der Waals surface area contributed by atoms with Gasteiger partial charge in [0, 0.05) is 32.3 Å². The summed E-state index contributed by atoms with van der Waals surface area (Å²) >= 11 is 0. The molecule has 1 fully saturated rings. The van der Waals surface area contributed by atoms with E-state index in [1.54, 1.807) is 7.11 Å². The SMILES string of the molecule is CCCN1CCCC(C(C)NC(C)CCOC)C1. The van der Waals surface area contributed by atoms with E-state index in [4.69, 9.17) is 4.74 Å². The van der Waals surface area contributed by atoms with Crippen LogP contribution in [-0.4, -0.2) is 50.3 Å². The lowest BCUT2D eigenvalue weighted by molar-refractivity contribution is 0.140. The van der Waals surface area contributed by atoms with Crippen molar-refractivity contribution >= 4 is 0 Å². The van der Waals surface area contributed by atoms with Gasteiger partial charge in [-0.1, -0.05) is 6.92 Å². The third kappa shape index (κ3) is 5.68. The second-order valence-electron chi connectivity index (χ2n) is 5.84. The molecule has 3 heteroatoms. The molecule has 0 bridgehead atoms. The van der Waals surface area contributed by atoms with Crippen LogP contribution >= 0.6 is 0 Å². The Labute approximate surface area is 113 Å². The summed E-state index contributed by atoms with van der Waals surface area (Å²) in [6, 6.07) is 1.18. The number of hydrogen-bond donors (Lipinski definition) is 1. The van der Waals surface area contributed by atoms with E-state index in [0.717, 1.165) is 18.9 Å². The maximum atomic E-state index is 5.14. The van der Waals surface area contributed by atoms with Crippen LogP contribution in [0.1, 0.15) is 46.5 Å². The Morgan fingerprint density at radius 2 is 2.17 bits per heavy atom. The van der Waals surface area contributed by atoms with E-state index in [2.05, 4.69) is 31.0 Å². The Morgan fingerprint density at radius 3 is 2.83 bits per heavy atom. The van der Waals surface area contributed by atoms with E-state index in [-0.39, 0.29) is 0 Å². The Hall–Kier alpha value is -0.120.